The first-order chi connectivity index (χ1) is 9.38. The summed E-state index contributed by atoms with van der Waals surface area (Å²) in [4.78, 5) is 11.4. The van der Waals surface area contributed by atoms with Gasteiger partial charge in [-0.1, -0.05) is 0 Å². The normalized spacial score (nSPS) is 21.6. The zero-order valence-corrected chi connectivity index (χ0v) is 14.0. The van der Waals surface area contributed by atoms with Gasteiger partial charge in [0.25, 0.3) is 0 Å². The maximum Gasteiger partial charge on any atom is 0.135 e. The van der Waals surface area contributed by atoms with Gasteiger partial charge in [-0.2, -0.15) is 0 Å². The molecule has 1 aromatic rings. The quantitative estimate of drug-likeness (QED) is 0.890. The highest BCUT2D eigenvalue weighted by Gasteiger charge is 2.24. The lowest BCUT2D eigenvalue weighted by Gasteiger charge is -2.34. The van der Waals surface area contributed by atoms with E-state index in [1.54, 1.807) is 13.4 Å². The molecule has 1 unspecified atom stereocenters. The number of nitrogens with zero attached hydrogens (tertiary/aromatic N) is 3. The molecule has 0 spiro atoms. The highest BCUT2D eigenvalue weighted by Crippen LogP contribution is 2.25. The summed E-state index contributed by atoms with van der Waals surface area (Å²) in [5, 5.41) is 3.43. The minimum atomic E-state index is 0. The van der Waals surface area contributed by atoms with E-state index in [-0.39, 0.29) is 24.8 Å². The molecule has 7 heteroatoms. The molecule has 0 saturated carbocycles. The molecule has 0 bridgehead atoms. The molecule has 0 aliphatic carbocycles. The van der Waals surface area contributed by atoms with Crippen molar-refractivity contribution in [2.24, 2.45) is 0 Å². The van der Waals surface area contributed by atoms with Crippen LogP contribution in [-0.4, -0.2) is 49.4 Å². The lowest BCUT2D eigenvalue weighted by atomic mass is 10.1. The van der Waals surface area contributed by atoms with Crippen LogP contribution in [0.5, 0.6) is 0 Å². The zero-order valence-electron chi connectivity index (χ0n) is 12.4. The van der Waals surface area contributed by atoms with Crippen molar-refractivity contribution >= 4 is 30.6 Å². The van der Waals surface area contributed by atoms with Crippen LogP contribution in [0.4, 0.5) is 5.82 Å². The standard InChI is InChI=1S/C14H22N4O.2ClH/c1-19-11-3-2-8-18(9-11)14-12-4-6-15-7-5-13(12)16-10-17-14;;/h10-11,15H,2-9H2,1H3;2*1H. The average molecular weight is 335 g/mol. The van der Waals surface area contributed by atoms with Gasteiger partial charge in [-0.3, -0.25) is 0 Å². The first kappa shape index (κ1) is 18.4. The van der Waals surface area contributed by atoms with Crippen LogP contribution in [0, 0.1) is 0 Å². The first-order valence-corrected chi connectivity index (χ1v) is 7.19. The molecule has 0 radical (unpaired) electrons. The summed E-state index contributed by atoms with van der Waals surface area (Å²) in [6.45, 7) is 4.07. The van der Waals surface area contributed by atoms with Gasteiger partial charge in [0.1, 0.15) is 12.1 Å². The molecular formula is C14H24Cl2N4O. The highest BCUT2D eigenvalue weighted by molar-refractivity contribution is 5.85. The molecule has 1 saturated heterocycles. The van der Waals surface area contributed by atoms with E-state index in [9.17, 15) is 0 Å². The Balaban J connectivity index is 0.00000110. The zero-order chi connectivity index (χ0) is 13.1. The number of halogens is 2. The minimum Gasteiger partial charge on any atom is -0.380 e. The minimum absolute atomic E-state index is 0. The molecule has 1 N–H and O–H groups in total. The predicted octanol–water partition coefficient (Wildman–Crippen LogP) is 1.62. The van der Waals surface area contributed by atoms with Crippen molar-refractivity contribution < 1.29 is 4.74 Å². The number of nitrogens with one attached hydrogen (secondary N) is 1. The van der Waals surface area contributed by atoms with Crippen LogP contribution < -0.4 is 10.2 Å². The second-order valence-electron chi connectivity index (χ2n) is 5.32. The number of anilines is 1. The Kier molecular flexibility index (Phi) is 7.66. The van der Waals surface area contributed by atoms with Crippen LogP contribution in [0.15, 0.2) is 6.33 Å². The Morgan fingerprint density at radius 3 is 2.86 bits per heavy atom. The van der Waals surface area contributed by atoms with E-state index in [2.05, 4.69) is 20.2 Å². The summed E-state index contributed by atoms with van der Waals surface area (Å²) in [5.41, 5.74) is 2.55. The van der Waals surface area contributed by atoms with Crippen molar-refractivity contribution in [1.29, 1.82) is 0 Å². The van der Waals surface area contributed by atoms with Gasteiger partial charge in [0.2, 0.25) is 0 Å². The Bertz CT molecular complexity index is 447. The molecule has 2 aliphatic heterocycles. The molecular weight excluding hydrogens is 311 g/mol. The lowest BCUT2D eigenvalue weighted by molar-refractivity contribution is 0.0891. The van der Waals surface area contributed by atoms with Gasteiger partial charge in [-0.05, 0) is 25.8 Å². The van der Waals surface area contributed by atoms with Gasteiger partial charge < -0.3 is 15.0 Å². The van der Waals surface area contributed by atoms with Crippen molar-refractivity contribution in [2.75, 3.05) is 38.2 Å². The Hall–Kier alpha value is -0.620. The van der Waals surface area contributed by atoms with Crippen molar-refractivity contribution in [2.45, 2.75) is 31.8 Å². The summed E-state index contributed by atoms with van der Waals surface area (Å²) in [5.74, 6) is 1.13. The molecule has 3 rings (SSSR count). The smallest absolute Gasteiger partial charge is 0.135 e. The second-order valence-corrected chi connectivity index (χ2v) is 5.32. The van der Waals surface area contributed by atoms with E-state index in [1.807, 2.05) is 0 Å². The molecule has 1 atom stereocenters. The van der Waals surface area contributed by atoms with Crippen LogP contribution in [-0.2, 0) is 17.6 Å². The van der Waals surface area contributed by atoms with Gasteiger partial charge in [-0.15, -0.1) is 24.8 Å². The molecule has 120 valence electrons. The monoisotopic (exact) mass is 334 g/mol. The fourth-order valence-corrected chi connectivity index (χ4v) is 3.05. The molecule has 0 aromatic carbocycles. The SMILES string of the molecule is COC1CCCN(c2ncnc3c2CCNCC3)C1.Cl.Cl. The summed E-state index contributed by atoms with van der Waals surface area (Å²) >= 11 is 0. The number of hydrogen-bond donors (Lipinski definition) is 1. The molecule has 5 nitrogen and oxygen atoms in total. The van der Waals surface area contributed by atoms with E-state index in [1.165, 1.54) is 17.7 Å². The Labute approximate surface area is 138 Å². The molecule has 1 aromatic heterocycles. The van der Waals surface area contributed by atoms with E-state index < -0.39 is 0 Å². The summed E-state index contributed by atoms with van der Waals surface area (Å²) in [6, 6.07) is 0. The van der Waals surface area contributed by atoms with Crippen molar-refractivity contribution in [1.82, 2.24) is 15.3 Å². The second kappa shape index (κ2) is 8.73. The number of methoxy groups -OCH3 is 1. The molecule has 0 amide bonds. The number of aromatic nitrogens is 2. The van der Waals surface area contributed by atoms with E-state index >= 15 is 0 Å². The largest absolute Gasteiger partial charge is 0.380 e. The van der Waals surface area contributed by atoms with E-state index in [0.29, 0.717) is 6.10 Å². The summed E-state index contributed by atoms with van der Waals surface area (Å²) in [7, 11) is 1.80. The van der Waals surface area contributed by atoms with Crippen LogP contribution in [0.1, 0.15) is 24.1 Å². The Morgan fingerprint density at radius 2 is 2.05 bits per heavy atom. The number of rotatable bonds is 2. The van der Waals surface area contributed by atoms with Crippen molar-refractivity contribution in [3.8, 4) is 0 Å². The van der Waals surface area contributed by atoms with Gasteiger partial charge in [-0.25, -0.2) is 9.97 Å². The predicted molar refractivity (Wildman–Crippen MR) is 89.0 cm³/mol. The van der Waals surface area contributed by atoms with Gasteiger partial charge in [0.05, 0.1) is 11.8 Å². The molecule has 3 heterocycles. The van der Waals surface area contributed by atoms with Crippen molar-refractivity contribution in [3.63, 3.8) is 0 Å². The van der Waals surface area contributed by atoms with Crippen LogP contribution in [0.2, 0.25) is 0 Å². The van der Waals surface area contributed by atoms with E-state index in [0.717, 1.165) is 51.3 Å². The molecule has 21 heavy (non-hydrogen) atoms. The Morgan fingerprint density at radius 1 is 1.24 bits per heavy atom. The maximum atomic E-state index is 5.51. The third-order valence-electron chi connectivity index (χ3n) is 4.11. The highest BCUT2D eigenvalue weighted by atomic mass is 35.5. The topological polar surface area (TPSA) is 50.3 Å². The fraction of sp³-hybridized carbons (Fsp3) is 0.714. The van der Waals surface area contributed by atoms with E-state index in [4.69, 9.17) is 4.74 Å². The third-order valence-corrected chi connectivity index (χ3v) is 4.11. The van der Waals surface area contributed by atoms with Crippen LogP contribution in [0.3, 0.4) is 0 Å². The van der Waals surface area contributed by atoms with Crippen molar-refractivity contribution in [3.05, 3.63) is 17.6 Å². The van der Waals surface area contributed by atoms with Gasteiger partial charge in [0.15, 0.2) is 0 Å². The number of piperidine rings is 1. The summed E-state index contributed by atoms with van der Waals surface area (Å²) in [6.07, 6.45) is 6.42. The summed E-state index contributed by atoms with van der Waals surface area (Å²) < 4.78 is 5.51. The number of hydrogen-bond acceptors (Lipinski definition) is 5. The van der Waals surface area contributed by atoms with Crippen LogP contribution in [0.25, 0.3) is 0 Å². The van der Waals surface area contributed by atoms with Gasteiger partial charge in [0, 0.05) is 38.7 Å². The first-order valence-electron chi connectivity index (χ1n) is 7.19. The number of ether oxygens (including phenoxy) is 1. The average Bonchev–Trinajstić information content (AvgIpc) is 2.72. The third kappa shape index (κ3) is 4.19. The molecule has 2 aliphatic rings. The molecule has 1 fully saturated rings. The lowest BCUT2D eigenvalue weighted by Crippen LogP contribution is -2.40. The maximum absolute atomic E-state index is 5.51. The number of fused-ring (bicyclic) bond motifs is 1. The van der Waals surface area contributed by atoms with Crippen LogP contribution >= 0.6 is 24.8 Å². The van der Waals surface area contributed by atoms with Gasteiger partial charge >= 0.3 is 0 Å². The fourth-order valence-electron chi connectivity index (χ4n) is 3.05.